The Hall–Kier alpha value is -2.40. The van der Waals surface area contributed by atoms with Gasteiger partial charge in [-0.25, -0.2) is 4.99 Å². The quantitative estimate of drug-likeness (QED) is 0.555. The first-order valence-electron chi connectivity index (χ1n) is 10.8. The van der Waals surface area contributed by atoms with Crippen molar-refractivity contribution in [3.05, 3.63) is 65.5 Å². The summed E-state index contributed by atoms with van der Waals surface area (Å²) >= 11 is 0. The number of hydrogen-bond acceptors (Lipinski definition) is 3. The molecule has 156 valence electrons. The molecule has 0 spiro atoms. The molecule has 5 heteroatoms. The molecule has 0 aliphatic carbocycles. The van der Waals surface area contributed by atoms with Crippen LogP contribution in [-0.4, -0.2) is 35.5 Å². The average molecular weight is 394 g/mol. The molecule has 1 aromatic carbocycles. The highest BCUT2D eigenvalue weighted by atomic mass is 15.2. The molecule has 2 atom stereocenters. The Morgan fingerprint density at radius 3 is 2.41 bits per heavy atom. The van der Waals surface area contributed by atoms with E-state index < -0.39 is 0 Å². The molecule has 1 aromatic heterocycles. The standard InChI is InChI=1S/C24H35N5/c1-4-25-24(28-15-23-7-5-6-12-26-23)27-14-21-8-10-22(11-9-21)18-29-16-19(2)13-20(3)17-29/h5-12,19-20H,4,13-18H2,1-3H3,(H2,25,27,28). The van der Waals surface area contributed by atoms with E-state index in [1.165, 1.54) is 30.6 Å². The number of rotatable bonds is 7. The second-order valence-corrected chi connectivity index (χ2v) is 8.33. The smallest absolute Gasteiger partial charge is 0.191 e. The number of aromatic nitrogens is 1. The monoisotopic (exact) mass is 393 g/mol. The van der Waals surface area contributed by atoms with E-state index in [9.17, 15) is 0 Å². The molecule has 2 unspecified atom stereocenters. The number of nitrogens with one attached hydrogen (secondary N) is 2. The third-order valence-electron chi connectivity index (χ3n) is 5.30. The molecule has 29 heavy (non-hydrogen) atoms. The van der Waals surface area contributed by atoms with Crippen LogP contribution in [-0.2, 0) is 19.6 Å². The van der Waals surface area contributed by atoms with E-state index in [1.54, 1.807) is 0 Å². The van der Waals surface area contributed by atoms with Gasteiger partial charge in [-0.2, -0.15) is 0 Å². The maximum atomic E-state index is 4.72. The zero-order valence-electron chi connectivity index (χ0n) is 18.1. The minimum Gasteiger partial charge on any atom is -0.357 e. The van der Waals surface area contributed by atoms with Gasteiger partial charge >= 0.3 is 0 Å². The van der Waals surface area contributed by atoms with Crippen molar-refractivity contribution in [3.63, 3.8) is 0 Å². The maximum Gasteiger partial charge on any atom is 0.191 e. The molecule has 3 rings (SSSR count). The van der Waals surface area contributed by atoms with Crippen LogP contribution in [0.5, 0.6) is 0 Å². The largest absolute Gasteiger partial charge is 0.357 e. The Bertz CT molecular complexity index is 747. The van der Waals surface area contributed by atoms with Gasteiger partial charge in [0.25, 0.3) is 0 Å². The maximum absolute atomic E-state index is 4.72. The minimum absolute atomic E-state index is 0.662. The highest BCUT2D eigenvalue weighted by Gasteiger charge is 2.21. The van der Waals surface area contributed by atoms with Crippen molar-refractivity contribution in [1.29, 1.82) is 0 Å². The molecule has 0 radical (unpaired) electrons. The lowest BCUT2D eigenvalue weighted by atomic mass is 9.91. The van der Waals surface area contributed by atoms with E-state index in [0.717, 1.165) is 36.6 Å². The number of likely N-dealkylation sites (tertiary alicyclic amines) is 1. The number of nitrogens with zero attached hydrogens (tertiary/aromatic N) is 3. The van der Waals surface area contributed by atoms with Crippen LogP contribution < -0.4 is 10.6 Å². The Kier molecular flexibility index (Phi) is 8.05. The summed E-state index contributed by atoms with van der Waals surface area (Å²) in [7, 11) is 0. The number of aliphatic imine (C=N–C) groups is 1. The first-order valence-corrected chi connectivity index (χ1v) is 10.8. The van der Waals surface area contributed by atoms with Crippen molar-refractivity contribution in [2.75, 3.05) is 19.6 Å². The van der Waals surface area contributed by atoms with Crippen LogP contribution in [0.3, 0.4) is 0 Å². The molecule has 2 aromatic rings. The van der Waals surface area contributed by atoms with E-state index in [1.807, 2.05) is 24.4 Å². The lowest BCUT2D eigenvalue weighted by Crippen LogP contribution is -2.38. The number of hydrogen-bond donors (Lipinski definition) is 2. The fraction of sp³-hybridized carbons (Fsp3) is 0.500. The summed E-state index contributed by atoms with van der Waals surface area (Å²) in [4.78, 5) is 11.7. The Labute approximate surface area is 175 Å². The van der Waals surface area contributed by atoms with Gasteiger partial charge in [0.15, 0.2) is 5.96 Å². The Morgan fingerprint density at radius 2 is 1.76 bits per heavy atom. The Morgan fingerprint density at radius 1 is 1.03 bits per heavy atom. The Balaban J connectivity index is 1.53. The number of benzene rings is 1. The van der Waals surface area contributed by atoms with Crippen molar-refractivity contribution >= 4 is 5.96 Å². The van der Waals surface area contributed by atoms with Crippen LogP contribution in [0.2, 0.25) is 0 Å². The van der Waals surface area contributed by atoms with E-state index >= 15 is 0 Å². The molecule has 1 fully saturated rings. The van der Waals surface area contributed by atoms with Crippen LogP contribution in [0.4, 0.5) is 0 Å². The molecule has 2 heterocycles. The summed E-state index contributed by atoms with van der Waals surface area (Å²) in [6.45, 7) is 12.4. The molecule has 2 N–H and O–H groups in total. The van der Waals surface area contributed by atoms with E-state index in [-0.39, 0.29) is 0 Å². The molecule has 1 aliphatic rings. The topological polar surface area (TPSA) is 52.6 Å². The number of pyridine rings is 1. The zero-order valence-corrected chi connectivity index (χ0v) is 18.1. The van der Waals surface area contributed by atoms with Crippen LogP contribution in [0.25, 0.3) is 0 Å². The predicted molar refractivity (Wildman–Crippen MR) is 121 cm³/mol. The van der Waals surface area contributed by atoms with Gasteiger partial charge < -0.3 is 10.6 Å². The summed E-state index contributed by atoms with van der Waals surface area (Å²) in [5.74, 6) is 2.42. The lowest BCUT2D eigenvalue weighted by Gasteiger charge is -2.35. The van der Waals surface area contributed by atoms with Crippen molar-refractivity contribution in [1.82, 2.24) is 20.5 Å². The molecule has 1 aliphatic heterocycles. The average Bonchev–Trinajstić information content (AvgIpc) is 2.71. The normalized spacial score (nSPS) is 20.4. The molecular formula is C24H35N5. The first kappa shape index (κ1) is 21.3. The van der Waals surface area contributed by atoms with Crippen LogP contribution in [0, 0.1) is 11.8 Å². The number of piperidine rings is 1. The van der Waals surface area contributed by atoms with Gasteiger partial charge in [-0.1, -0.05) is 44.2 Å². The summed E-state index contributed by atoms with van der Waals surface area (Å²) in [6, 6.07) is 14.9. The van der Waals surface area contributed by atoms with Crippen molar-refractivity contribution in [2.24, 2.45) is 16.8 Å². The third-order valence-corrected chi connectivity index (χ3v) is 5.30. The third kappa shape index (κ3) is 7.17. The summed E-state index contributed by atoms with van der Waals surface area (Å²) in [5.41, 5.74) is 3.62. The first-order chi connectivity index (χ1) is 14.1. The summed E-state index contributed by atoms with van der Waals surface area (Å²) < 4.78 is 0. The fourth-order valence-corrected chi connectivity index (χ4v) is 4.12. The molecule has 0 bridgehead atoms. The second-order valence-electron chi connectivity index (χ2n) is 8.33. The fourth-order valence-electron chi connectivity index (χ4n) is 4.12. The number of guanidine groups is 1. The van der Waals surface area contributed by atoms with E-state index in [0.29, 0.717) is 13.1 Å². The van der Waals surface area contributed by atoms with Gasteiger partial charge in [0, 0.05) is 32.4 Å². The molecule has 5 nitrogen and oxygen atoms in total. The summed E-state index contributed by atoms with van der Waals surface area (Å²) in [5, 5.41) is 6.65. The molecular weight excluding hydrogens is 358 g/mol. The zero-order chi connectivity index (χ0) is 20.5. The van der Waals surface area contributed by atoms with Gasteiger partial charge in [-0.15, -0.1) is 0 Å². The van der Waals surface area contributed by atoms with Gasteiger partial charge in [-0.3, -0.25) is 9.88 Å². The van der Waals surface area contributed by atoms with Crippen molar-refractivity contribution in [2.45, 2.75) is 46.8 Å². The molecule has 1 saturated heterocycles. The van der Waals surface area contributed by atoms with Crippen LogP contribution in [0.15, 0.2) is 53.7 Å². The highest BCUT2D eigenvalue weighted by Crippen LogP contribution is 2.22. The van der Waals surface area contributed by atoms with Gasteiger partial charge in [0.2, 0.25) is 0 Å². The van der Waals surface area contributed by atoms with E-state index in [4.69, 9.17) is 4.99 Å². The van der Waals surface area contributed by atoms with Gasteiger partial charge in [0.1, 0.15) is 0 Å². The van der Waals surface area contributed by atoms with Gasteiger partial charge in [0.05, 0.1) is 18.8 Å². The predicted octanol–water partition coefficient (Wildman–Crippen LogP) is 3.81. The molecule has 0 saturated carbocycles. The lowest BCUT2D eigenvalue weighted by molar-refractivity contribution is 0.134. The highest BCUT2D eigenvalue weighted by molar-refractivity contribution is 5.79. The summed E-state index contributed by atoms with van der Waals surface area (Å²) in [6.07, 6.45) is 3.17. The van der Waals surface area contributed by atoms with Crippen LogP contribution in [0.1, 0.15) is 44.0 Å². The molecule has 0 amide bonds. The minimum atomic E-state index is 0.662. The van der Waals surface area contributed by atoms with Crippen LogP contribution >= 0.6 is 0 Å². The van der Waals surface area contributed by atoms with Gasteiger partial charge in [-0.05, 0) is 48.4 Å². The SMILES string of the molecule is CCNC(=NCc1ccc(CN2CC(C)CC(C)C2)cc1)NCc1ccccn1. The van der Waals surface area contributed by atoms with E-state index in [2.05, 4.69) is 65.6 Å². The second kappa shape index (κ2) is 11.0. The van der Waals surface area contributed by atoms with Crippen molar-refractivity contribution < 1.29 is 0 Å². The van der Waals surface area contributed by atoms with Crippen molar-refractivity contribution in [3.8, 4) is 0 Å².